The molecule has 150 valence electrons. The molecule has 0 saturated carbocycles. The summed E-state index contributed by atoms with van der Waals surface area (Å²) < 4.78 is 24.9. The van der Waals surface area contributed by atoms with Gasteiger partial charge in [0.1, 0.15) is 11.4 Å². The molecular weight excluding hydrogens is 383 g/mol. The zero-order valence-corrected chi connectivity index (χ0v) is 17.4. The Morgan fingerprint density at radius 3 is 2.43 bits per heavy atom. The van der Waals surface area contributed by atoms with Gasteiger partial charge in [-0.1, -0.05) is 42.8 Å². The first kappa shape index (κ1) is 21.9. The Morgan fingerprint density at radius 1 is 1.18 bits per heavy atom. The zero-order valence-electron chi connectivity index (χ0n) is 16.6. The van der Waals surface area contributed by atoms with Gasteiger partial charge in [0, 0.05) is 0 Å². The Bertz CT molecular complexity index is 887. The molecule has 0 fully saturated rings. The van der Waals surface area contributed by atoms with E-state index >= 15 is 0 Å². The van der Waals surface area contributed by atoms with Crippen LogP contribution in [0.5, 0.6) is 0 Å². The van der Waals surface area contributed by atoms with Crippen LogP contribution in [0.3, 0.4) is 0 Å². The van der Waals surface area contributed by atoms with Gasteiger partial charge in [-0.15, -0.1) is 0 Å². The molecular formula is C22H24ClFO4. The van der Waals surface area contributed by atoms with Crippen LogP contribution in [0.15, 0.2) is 36.4 Å². The van der Waals surface area contributed by atoms with E-state index in [9.17, 15) is 14.0 Å². The van der Waals surface area contributed by atoms with Gasteiger partial charge in [0.05, 0.1) is 24.1 Å². The van der Waals surface area contributed by atoms with Gasteiger partial charge in [0.15, 0.2) is 0 Å². The summed E-state index contributed by atoms with van der Waals surface area (Å²) in [5.74, 6) is -1.80. The Kier molecular flexibility index (Phi) is 6.83. The lowest BCUT2D eigenvalue weighted by molar-refractivity contribution is -0.155. The predicted molar refractivity (Wildman–Crippen MR) is 107 cm³/mol. The Hall–Kier alpha value is -2.40. The normalized spacial score (nSPS) is 12.4. The van der Waals surface area contributed by atoms with Crippen molar-refractivity contribution in [1.29, 1.82) is 0 Å². The molecule has 1 atom stereocenters. The van der Waals surface area contributed by atoms with Gasteiger partial charge in [-0.05, 0) is 55.5 Å². The third-order valence-electron chi connectivity index (χ3n) is 4.14. The maximum Gasteiger partial charge on any atom is 0.340 e. The molecule has 2 aromatic carbocycles. The third-order valence-corrected chi connectivity index (χ3v) is 4.45. The van der Waals surface area contributed by atoms with E-state index in [-0.39, 0.29) is 28.9 Å². The highest BCUT2D eigenvalue weighted by Crippen LogP contribution is 2.33. The molecule has 2 aromatic rings. The summed E-state index contributed by atoms with van der Waals surface area (Å²) in [6, 6.07) is 9.57. The van der Waals surface area contributed by atoms with Crippen molar-refractivity contribution in [2.24, 2.45) is 0 Å². The summed E-state index contributed by atoms with van der Waals surface area (Å²) in [6.45, 7) is 7.12. The van der Waals surface area contributed by atoms with E-state index < -0.39 is 17.4 Å². The number of benzene rings is 2. The second-order valence-electron chi connectivity index (χ2n) is 7.58. The van der Waals surface area contributed by atoms with Crippen LogP contribution in [-0.2, 0) is 14.3 Å². The summed E-state index contributed by atoms with van der Waals surface area (Å²) in [7, 11) is 1.26. The Morgan fingerprint density at radius 2 is 1.86 bits per heavy atom. The molecule has 4 nitrogen and oxygen atoms in total. The first-order valence-corrected chi connectivity index (χ1v) is 9.29. The zero-order chi connectivity index (χ0) is 21.1. The van der Waals surface area contributed by atoms with Crippen molar-refractivity contribution < 1.29 is 23.5 Å². The molecule has 0 aliphatic carbocycles. The monoisotopic (exact) mass is 406 g/mol. The van der Waals surface area contributed by atoms with Gasteiger partial charge in [0.25, 0.3) is 0 Å². The molecule has 0 spiro atoms. The number of carbonyl (C=O) groups is 2. The molecule has 2 rings (SSSR count). The van der Waals surface area contributed by atoms with Crippen molar-refractivity contribution in [2.75, 3.05) is 7.11 Å². The van der Waals surface area contributed by atoms with Gasteiger partial charge in [-0.2, -0.15) is 0 Å². The molecule has 0 saturated heterocycles. The number of esters is 2. The predicted octanol–water partition coefficient (Wildman–Crippen LogP) is 5.77. The first-order valence-electron chi connectivity index (χ1n) is 8.92. The maximum absolute atomic E-state index is 14.8. The fraction of sp³-hybridized carbons (Fsp3) is 0.364. The summed E-state index contributed by atoms with van der Waals surface area (Å²) in [6.07, 6.45) is 0.0676. The summed E-state index contributed by atoms with van der Waals surface area (Å²) in [4.78, 5) is 24.1. The summed E-state index contributed by atoms with van der Waals surface area (Å²) in [5, 5.41) is 0.229. The second-order valence-corrected chi connectivity index (χ2v) is 7.99. The largest absolute Gasteiger partial charge is 0.465 e. The highest BCUT2D eigenvalue weighted by Gasteiger charge is 2.22. The van der Waals surface area contributed by atoms with Crippen LogP contribution in [0.4, 0.5) is 4.39 Å². The number of hydrogen-bond donors (Lipinski definition) is 0. The highest BCUT2D eigenvalue weighted by molar-refractivity contribution is 6.34. The molecule has 0 amide bonds. The molecule has 0 aliphatic rings. The van der Waals surface area contributed by atoms with E-state index in [1.54, 1.807) is 58.0 Å². The fourth-order valence-electron chi connectivity index (χ4n) is 2.91. The van der Waals surface area contributed by atoms with Gasteiger partial charge >= 0.3 is 11.9 Å². The van der Waals surface area contributed by atoms with Crippen LogP contribution < -0.4 is 0 Å². The van der Waals surface area contributed by atoms with Crippen LogP contribution in [0.2, 0.25) is 5.02 Å². The number of ether oxygens (including phenoxy) is 2. The molecule has 0 N–H and O–H groups in total. The van der Waals surface area contributed by atoms with E-state index in [0.717, 1.165) is 0 Å². The average Bonchev–Trinajstić information content (AvgIpc) is 2.58. The Labute approximate surface area is 169 Å². The van der Waals surface area contributed by atoms with E-state index in [0.29, 0.717) is 16.7 Å². The van der Waals surface area contributed by atoms with E-state index in [4.69, 9.17) is 21.1 Å². The Balaban J connectivity index is 2.32. The van der Waals surface area contributed by atoms with E-state index in [2.05, 4.69) is 0 Å². The fourth-order valence-corrected chi connectivity index (χ4v) is 3.16. The van der Waals surface area contributed by atoms with Crippen molar-refractivity contribution in [2.45, 2.75) is 45.6 Å². The number of hydrogen-bond acceptors (Lipinski definition) is 4. The second kappa shape index (κ2) is 8.74. The molecule has 0 heterocycles. The third kappa shape index (κ3) is 5.32. The molecule has 0 aliphatic heterocycles. The SMILES string of the molecule is COC(=O)c1c(Cl)cccc1-c1ccc([C@@H](C)CC(=O)OC(C)(C)C)c(F)c1. The standard InChI is InChI=1S/C22H24ClFO4/c1-13(11-19(25)28-22(2,3)4)15-10-9-14(12-18(15)24)16-7-6-8-17(23)20(16)21(26)27-5/h6-10,12-13H,11H2,1-5H3/t13-/m0/s1. The first-order chi connectivity index (χ1) is 13.0. The van der Waals surface area contributed by atoms with Crippen LogP contribution in [0, 0.1) is 5.82 Å². The van der Waals surface area contributed by atoms with Crippen LogP contribution in [-0.4, -0.2) is 24.6 Å². The topological polar surface area (TPSA) is 52.6 Å². The minimum atomic E-state index is -0.594. The quantitative estimate of drug-likeness (QED) is 0.591. The average molecular weight is 407 g/mol. The lowest BCUT2D eigenvalue weighted by Crippen LogP contribution is -2.24. The lowest BCUT2D eigenvalue weighted by atomic mass is 9.93. The minimum Gasteiger partial charge on any atom is -0.465 e. The van der Waals surface area contributed by atoms with E-state index in [1.807, 2.05) is 0 Å². The van der Waals surface area contributed by atoms with Crippen molar-refractivity contribution >= 4 is 23.5 Å². The van der Waals surface area contributed by atoms with E-state index in [1.165, 1.54) is 13.2 Å². The molecule has 6 heteroatoms. The number of methoxy groups -OCH3 is 1. The number of rotatable bonds is 5. The van der Waals surface area contributed by atoms with Crippen molar-refractivity contribution in [3.63, 3.8) is 0 Å². The molecule has 0 bridgehead atoms. The highest BCUT2D eigenvalue weighted by atomic mass is 35.5. The molecule has 0 aromatic heterocycles. The maximum atomic E-state index is 14.8. The molecule has 0 unspecified atom stereocenters. The smallest absolute Gasteiger partial charge is 0.340 e. The van der Waals surface area contributed by atoms with Crippen LogP contribution in [0.25, 0.3) is 11.1 Å². The summed E-state index contributed by atoms with van der Waals surface area (Å²) >= 11 is 6.14. The number of carbonyl (C=O) groups excluding carboxylic acids is 2. The van der Waals surface area contributed by atoms with Crippen molar-refractivity contribution in [3.05, 3.63) is 58.4 Å². The van der Waals surface area contributed by atoms with Gasteiger partial charge in [-0.25, -0.2) is 9.18 Å². The molecule has 0 radical (unpaired) electrons. The van der Waals surface area contributed by atoms with Crippen molar-refractivity contribution in [1.82, 2.24) is 0 Å². The van der Waals surface area contributed by atoms with Crippen molar-refractivity contribution in [3.8, 4) is 11.1 Å². The van der Waals surface area contributed by atoms with Gasteiger partial charge < -0.3 is 9.47 Å². The minimum absolute atomic E-state index is 0.0676. The van der Waals surface area contributed by atoms with Crippen LogP contribution >= 0.6 is 11.6 Å². The van der Waals surface area contributed by atoms with Crippen LogP contribution in [0.1, 0.15) is 56.0 Å². The lowest BCUT2D eigenvalue weighted by Gasteiger charge is -2.21. The molecule has 28 heavy (non-hydrogen) atoms. The van der Waals surface area contributed by atoms with Gasteiger partial charge in [0.2, 0.25) is 0 Å². The number of halogens is 2. The van der Waals surface area contributed by atoms with Gasteiger partial charge in [-0.3, -0.25) is 4.79 Å². The summed E-state index contributed by atoms with van der Waals surface area (Å²) in [5.41, 5.74) is 0.964.